The minimum absolute atomic E-state index is 0.152. The van der Waals surface area contributed by atoms with Gasteiger partial charge in [-0.3, -0.25) is 0 Å². The summed E-state index contributed by atoms with van der Waals surface area (Å²) in [5.74, 6) is 0. The van der Waals surface area contributed by atoms with E-state index in [0.717, 1.165) is 0 Å². The number of hydrogen-bond donors (Lipinski definition) is 0. The van der Waals surface area contributed by atoms with E-state index in [1.54, 1.807) is 0 Å². The van der Waals surface area contributed by atoms with Gasteiger partial charge in [-0.15, -0.1) is 0 Å². The van der Waals surface area contributed by atoms with Crippen molar-refractivity contribution in [2.45, 2.75) is 48.6 Å². The van der Waals surface area contributed by atoms with Crippen LogP contribution < -0.4 is 0 Å². The maximum absolute atomic E-state index is 6.22. The monoisotopic (exact) mass is 280 g/mol. The molecule has 1 heterocycles. The van der Waals surface area contributed by atoms with Crippen molar-refractivity contribution in [2.75, 3.05) is 0 Å². The van der Waals surface area contributed by atoms with Gasteiger partial charge in [-0.05, 0) is 18.4 Å². The highest BCUT2D eigenvalue weighted by Gasteiger charge is 2.54. The van der Waals surface area contributed by atoms with Crippen molar-refractivity contribution >= 4 is 15.9 Å². The minimum Gasteiger partial charge on any atom is -0.365 e. The van der Waals surface area contributed by atoms with E-state index < -0.39 is 0 Å². The van der Waals surface area contributed by atoms with Crippen LogP contribution in [0.25, 0.3) is 0 Å². The van der Waals surface area contributed by atoms with E-state index in [-0.39, 0.29) is 11.7 Å². The molecule has 86 valence electrons. The van der Waals surface area contributed by atoms with E-state index in [1.165, 1.54) is 37.7 Å². The lowest BCUT2D eigenvalue weighted by Crippen LogP contribution is -2.57. The van der Waals surface area contributed by atoms with E-state index >= 15 is 0 Å². The fourth-order valence-corrected chi connectivity index (χ4v) is 3.98. The van der Waals surface area contributed by atoms with E-state index in [0.29, 0.717) is 4.83 Å². The average Bonchev–Trinajstić information content (AvgIpc) is 2.38. The maximum atomic E-state index is 6.22. The fourth-order valence-electron chi connectivity index (χ4n) is 3.00. The number of rotatable bonds is 1. The molecule has 0 aromatic heterocycles. The van der Waals surface area contributed by atoms with Crippen molar-refractivity contribution in [3.8, 4) is 0 Å². The first kappa shape index (κ1) is 10.8. The van der Waals surface area contributed by atoms with E-state index in [9.17, 15) is 0 Å². The number of halogens is 1. The van der Waals surface area contributed by atoms with Crippen LogP contribution in [0.15, 0.2) is 30.3 Å². The van der Waals surface area contributed by atoms with Crippen molar-refractivity contribution in [1.82, 2.24) is 0 Å². The molecule has 2 heteroatoms. The third kappa shape index (κ3) is 1.63. The van der Waals surface area contributed by atoms with Crippen LogP contribution in [-0.2, 0) is 4.74 Å². The Balaban J connectivity index is 1.74. The van der Waals surface area contributed by atoms with Gasteiger partial charge >= 0.3 is 0 Å². The third-order valence-electron chi connectivity index (χ3n) is 3.96. The van der Waals surface area contributed by atoms with Crippen LogP contribution in [0, 0.1) is 0 Å². The topological polar surface area (TPSA) is 9.23 Å². The van der Waals surface area contributed by atoms with E-state index in [2.05, 4.69) is 46.3 Å². The molecule has 0 unspecified atom stereocenters. The molecule has 1 aromatic carbocycles. The Morgan fingerprint density at radius 2 is 1.75 bits per heavy atom. The Morgan fingerprint density at radius 1 is 1.06 bits per heavy atom. The van der Waals surface area contributed by atoms with Gasteiger partial charge in [0.15, 0.2) is 0 Å². The van der Waals surface area contributed by atoms with E-state index in [1.807, 2.05) is 0 Å². The van der Waals surface area contributed by atoms with Gasteiger partial charge in [-0.25, -0.2) is 0 Å². The normalized spacial score (nSPS) is 32.3. The van der Waals surface area contributed by atoms with Gasteiger partial charge in [0, 0.05) is 0 Å². The Bertz CT molecular complexity index is 356. The van der Waals surface area contributed by atoms with Crippen molar-refractivity contribution in [1.29, 1.82) is 0 Å². The van der Waals surface area contributed by atoms with Gasteiger partial charge in [-0.1, -0.05) is 65.5 Å². The second-order valence-electron chi connectivity index (χ2n) is 4.98. The Kier molecular flexibility index (Phi) is 2.80. The molecule has 1 saturated carbocycles. The highest BCUT2D eigenvalue weighted by Crippen LogP contribution is 2.54. The number of alkyl halides is 1. The summed E-state index contributed by atoms with van der Waals surface area (Å²) in [5, 5.41) is 0. The van der Waals surface area contributed by atoms with Crippen LogP contribution >= 0.6 is 15.9 Å². The molecule has 2 fully saturated rings. The van der Waals surface area contributed by atoms with Crippen molar-refractivity contribution in [2.24, 2.45) is 0 Å². The molecule has 1 aliphatic carbocycles. The van der Waals surface area contributed by atoms with Crippen molar-refractivity contribution in [3.63, 3.8) is 0 Å². The molecule has 0 N–H and O–H groups in total. The summed E-state index contributed by atoms with van der Waals surface area (Å²) < 4.78 is 6.22. The molecule has 1 saturated heterocycles. The molecule has 1 aromatic rings. The van der Waals surface area contributed by atoms with Crippen molar-refractivity contribution in [3.05, 3.63) is 35.9 Å². The standard InChI is InChI=1S/C14H17BrO/c15-13-12(11-7-3-1-4-8-11)16-14(13)9-5-2-6-10-14/h1,3-4,7-8,12-13H,2,5-6,9-10H2/t12-,13-/m0/s1. The summed E-state index contributed by atoms with van der Waals surface area (Å²) in [6.07, 6.45) is 6.74. The lowest BCUT2D eigenvalue weighted by Gasteiger charge is -2.54. The quantitative estimate of drug-likeness (QED) is 0.700. The summed E-state index contributed by atoms with van der Waals surface area (Å²) in [6.45, 7) is 0. The van der Waals surface area contributed by atoms with Gasteiger partial charge in [-0.2, -0.15) is 0 Å². The number of ether oxygens (including phenoxy) is 1. The number of hydrogen-bond acceptors (Lipinski definition) is 1. The zero-order valence-corrected chi connectivity index (χ0v) is 10.9. The Morgan fingerprint density at radius 3 is 2.38 bits per heavy atom. The van der Waals surface area contributed by atoms with Crippen LogP contribution in [0.2, 0.25) is 0 Å². The molecular weight excluding hydrogens is 264 g/mol. The SMILES string of the molecule is Br[C@H]1[C@H](c2ccccc2)OC12CCCCC2. The second-order valence-corrected chi connectivity index (χ2v) is 5.96. The maximum Gasteiger partial charge on any atom is 0.0986 e. The lowest BCUT2D eigenvalue weighted by atomic mass is 9.75. The molecule has 1 spiro atoms. The van der Waals surface area contributed by atoms with E-state index in [4.69, 9.17) is 4.74 Å². The molecule has 1 nitrogen and oxygen atoms in total. The van der Waals surface area contributed by atoms with Crippen molar-refractivity contribution < 1.29 is 4.74 Å². The predicted molar refractivity (Wildman–Crippen MR) is 68.8 cm³/mol. The number of benzene rings is 1. The van der Waals surface area contributed by atoms with Gasteiger partial charge in [0.25, 0.3) is 0 Å². The Labute approximate surface area is 105 Å². The van der Waals surface area contributed by atoms with Gasteiger partial charge in [0.05, 0.1) is 16.5 Å². The Hall–Kier alpha value is -0.340. The summed E-state index contributed by atoms with van der Waals surface area (Å²) >= 11 is 3.86. The average molecular weight is 281 g/mol. The van der Waals surface area contributed by atoms with Crippen LogP contribution in [0.5, 0.6) is 0 Å². The first-order valence-electron chi connectivity index (χ1n) is 6.19. The third-order valence-corrected chi connectivity index (χ3v) is 5.27. The molecule has 1 aliphatic heterocycles. The van der Waals surface area contributed by atoms with Crippen LogP contribution in [-0.4, -0.2) is 10.4 Å². The van der Waals surface area contributed by atoms with Crippen LogP contribution in [0.3, 0.4) is 0 Å². The molecule has 16 heavy (non-hydrogen) atoms. The zero-order chi connectivity index (χ0) is 11.0. The summed E-state index contributed by atoms with van der Waals surface area (Å²) in [6, 6.07) is 10.6. The predicted octanol–water partition coefficient (Wildman–Crippen LogP) is 4.22. The van der Waals surface area contributed by atoms with Crippen LogP contribution in [0.1, 0.15) is 43.8 Å². The summed E-state index contributed by atoms with van der Waals surface area (Å²) in [5.41, 5.74) is 1.46. The minimum atomic E-state index is 0.152. The second kappa shape index (κ2) is 4.15. The van der Waals surface area contributed by atoms with Gasteiger partial charge in [0.1, 0.15) is 0 Å². The van der Waals surface area contributed by atoms with Gasteiger partial charge < -0.3 is 4.74 Å². The van der Waals surface area contributed by atoms with Crippen LogP contribution in [0.4, 0.5) is 0 Å². The molecule has 2 atom stereocenters. The molecular formula is C14H17BrO. The molecule has 3 rings (SSSR count). The zero-order valence-electron chi connectivity index (χ0n) is 9.36. The summed E-state index contributed by atoms with van der Waals surface area (Å²) in [7, 11) is 0. The highest BCUT2D eigenvalue weighted by molar-refractivity contribution is 9.09. The first-order valence-corrected chi connectivity index (χ1v) is 7.10. The highest BCUT2D eigenvalue weighted by atomic mass is 79.9. The molecule has 0 radical (unpaired) electrons. The fraction of sp³-hybridized carbons (Fsp3) is 0.571. The molecule has 0 bridgehead atoms. The largest absolute Gasteiger partial charge is 0.365 e. The molecule has 0 amide bonds. The van der Waals surface area contributed by atoms with Gasteiger partial charge in [0.2, 0.25) is 0 Å². The smallest absolute Gasteiger partial charge is 0.0986 e. The summed E-state index contributed by atoms with van der Waals surface area (Å²) in [4.78, 5) is 0.502. The first-order chi connectivity index (χ1) is 7.82. The molecule has 2 aliphatic rings. The lowest BCUT2D eigenvalue weighted by molar-refractivity contribution is -0.212.